The Hall–Kier alpha value is -0.900. The van der Waals surface area contributed by atoms with E-state index in [1.54, 1.807) is 25.1 Å². The van der Waals surface area contributed by atoms with Crippen molar-refractivity contribution in [3.05, 3.63) is 28.8 Å². The molecule has 5 heteroatoms. The molecule has 1 aromatic carbocycles. The molecule has 0 heterocycles. The molecule has 0 aliphatic carbocycles. The molecule has 0 saturated heterocycles. The van der Waals surface area contributed by atoms with Crippen molar-refractivity contribution in [2.75, 3.05) is 11.9 Å². The Kier molecular flexibility index (Phi) is 3.26. The second-order valence-corrected chi connectivity index (χ2v) is 3.29. The van der Waals surface area contributed by atoms with E-state index in [2.05, 4.69) is 5.32 Å². The Morgan fingerprint density at radius 2 is 2.00 bits per heavy atom. The van der Waals surface area contributed by atoms with E-state index in [1.165, 1.54) is 0 Å². The number of rotatable bonds is 2. The highest BCUT2D eigenvalue weighted by atomic mass is 35.5. The van der Waals surface area contributed by atoms with Gasteiger partial charge in [-0.05, 0) is 24.6 Å². The molecular weight excluding hydrogens is 215 g/mol. The summed E-state index contributed by atoms with van der Waals surface area (Å²) in [6.45, 7) is 0.620. The van der Waals surface area contributed by atoms with Gasteiger partial charge >= 0.3 is 6.18 Å². The molecule has 1 N–H and O–H groups in total. The molecule has 1 nitrogen and oxygen atoms in total. The maximum Gasteiger partial charge on any atom is 0.405 e. The van der Waals surface area contributed by atoms with Crippen molar-refractivity contribution in [1.29, 1.82) is 0 Å². The minimum absolute atomic E-state index is 0.412. The van der Waals surface area contributed by atoms with Gasteiger partial charge < -0.3 is 5.32 Å². The fourth-order valence-corrected chi connectivity index (χ4v) is 1.17. The van der Waals surface area contributed by atoms with Crippen LogP contribution in [0.2, 0.25) is 5.02 Å². The number of hydrogen-bond donors (Lipinski definition) is 1. The molecule has 0 spiro atoms. The lowest BCUT2D eigenvalue weighted by Gasteiger charge is -2.12. The Morgan fingerprint density at radius 1 is 1.36 bits per heavy atom. The van der Waals surface area contributed by atoms with Gasteiger partial charge in [0.2, 0.25) is 0 Å². The molecule has 0 aliphatic heterocycles. The molecular formula is C9H9ClF3N. The predicted octanol–water partition coefficient (Wildman–Crippen LogP) is 3.62. The van der Waals surface area contributed by atoms with E-state index in [0.717, 1.165) is 0 Å². The van der Waals surface area contributed by atoms with Gasteiger partial charge in [0.1, 0.15) is 6.54 Å². The molecule has 0 aromatic heterocycles. The van der Waals surface area contributed by atoms with E-state index in [4.69, 9.17) is 11.6 Å². The Labute approximate surface area is 84.9 Å². The highest BCUT2D eigenvalue weighted by Crippen LogP contribution is 2.24. The van der Waals surface area contributed by atoms with E-state index in [1.807, 2.05) is 0 Å². The lowest BCUT2D eigenvalue weighted by molar-refractivity contribution is -0.115. The van der Waals surface area contributed by atoms with Gasteiger partial charge in [-0.3, -0.25) is 0 Å². The standard InChI is InChI=1S/C9H9ClF3N/c1-6-7(10)3-2-4-8(6)14-5-9(11,12)13/h2-4,14H,5H2,1H3. The summed E-state index contributed by atoms with van der Waals surface area (Å²) in [4.78, 5) is 0. The van der Waals surface area contributed by atoms with Crippen LogP contribution in [0.25, 0.3) is 0 Å². The first-order valence-electron chi connectivity index (χ1n) is 3.96. The average Bonchev–Trinajstić information content (AvgIpc) is 2.06. The summed E-state index contributed by atoms with van der Waals surface area (Å²) < 4.78 is 35.6. The number of alkyl halides is 3. The van der Waals surface area contributed by atoms with E-state index < -0.39 is 12.7 Å². The molecule has 0 saturated carbocycles. The van der Waals surface area contributed by atoms with Crippen molar-refractivity contribution < 1.29 is 13.2 Å². The quantitative estimate of drug-likeness (QED) is 0.808. The third-order valence-electron chi connectivity index (χ3n) is 1.75. The van der Waals surface area contributed by atoms with Crippen molar-refractivity contribution in [3.63, 3.8) is 0 Å². The Morgan fingerprint density at radius 3 is 2.57 bits per heavy atom. The van der Waals surface area contributed by atoms with Crippen LogP contribution in [0.3, 0.4) is 0 Å². The highest BCUT2D eigenvalue weighted by molar-refractivity contribution is 6.31. The molecule has 0 fully saturated rings. The van der Waals surface area contributed by atoms with Crippen LogP contribution in [0, 0.1) is 6.92 Å². The molecule has 78 valence electrons. The van der Waals surface area contributed by atoms with Crippen LogP contribution in [0.4, 0.5) is 18.9 Å². The van der Waals surface area contributed by atoms with Crippen LogP contribution in [-0.4, -0.2) is 12.7 Å². The fourth-order valence-electron chi connectivity index (χ4n) is 0.994. The third-order valence-corrected chi connectivity index (χ3v) is 2.16. The summed E-state index contributed by atoms with van der Waals surface area (Å²) in [6.07, 6.45) is -4.21. The molecule has 1 aromatic rings. The first kappa shape index (κ1) is 11.2. The van der Waals surface area contributed by atoms with Crippen LogP contribution in [0.1, 0.15) is 5.56 Å². The largest absolute Gasteiger partial charge is 0.405 e. The number of halogens is 4. The zero-order valence-corrected chi connectivity index (χ0v) is 8.21. The topological polar surface area (TPSA) is 12.0 Å². The predicted molar refractivity (Wildman–Crippen MR) is 50.7 cm³/mol. The minimum Gasteiger partial charge on any atom is -0.376 e. The van der Waals surface area contributed by atoms with Crippen molar-refractivity contribution in [1.82, 2.24) is 0 Å². The maximum absolute atomic E-state index is 11.9. The van der Waals surface area contributed by atoms with Gasteiger partial charge in [0.15, 0.2) is 0 Å². The van der Waals surface area contributed by atoms with Gasteiger partial charge in [0.25, 0.3) is 0 Å². The molecule has 14 heavy (non-hydrogen) atoms. The van der Waals surface area contributed by atoms with Gasteiger partial charge in [0, 0.05) is 10.7 Å². The van der Waals surface area contributed by atoms with Crippen LogP contribution in [-0.2, 0) is 0 Å². The van der Waals surface area contributed by atoms with Crippen LogP contribution >= 0.6 is 11.6 Å². The molecule has 0 radical (unpaired) electrons. The zero-order valence-electron chi connectivity index (χ0n) is 7.45. The van der Waals surface area contributed by atoms with Gasteiger partial charge in [0.05, 0.1) is 0 Å². The fraction of sp³-hybridized carbons (Fsp3) is 0.333. The Balaban J connectivity index is 2.73. The third kappa shape index (κ3) is 3.10. The highest BCUT2D eigenvalue weighted by Gasteiger charge is 2.26. The van der Waals surface area contributed by atoms with Crippen molar-refractivity contribution in [3.8, 4) is 0 Å². The second-order valence-electron chi connectivity index (χ2n) is 2.88. The lowest BCUT2D eigenvalue weighted by Crippen LogP contribution is -2.21. The van der Waals surface area contributed by atoms with Crippen molar-refractivity contribution in [2.45, 2.75) is 13.1 Å². The first-order chi connectivity index (χ1) is 6.40. The summed E-state index contributed by atoms with van der Waals surface area (Å²) in [5.41, 5.74) is 1.04. The molecule has 1 rings (SSSR count). The summed E-state index contributed by atoms with van der Waals surface area (Å²) in [5, 5.41) is 2.74. The lowest BCUT2D eigenvalue weighted by atomic mass is 10.2. The van der Waals surface area contributed by atoms with E-state index in [-0.39, 0.29) is 0 Å². The molecule has 0 aliphatic rings. The number of benzene rings is 1. The van der Waals surface area contributed by atoms with Crippen LogP contribution in [0.5, 0.6) is 0 Å². The summed E-state index contributed by atoms with van der Waals surface area (Å²) in [5.74, 6) is 0. The van der Waals surface area contributed by atoms with Crippen LogP contribution < -0.4 is 5.32 Å². The molecule has 0 bridgehead atoms. The van der Waals surface area contributed by atoms with Crippen molar-refractivity contribution >= 4 is 17.3 Å². The smallest absolute Gasteiger partial charge is 0.376 e. The molecule has 0 amide bonds. The summed E-state index contributed by atoms with van der Waals surface area (Å²) in [6, 6.07) is 4.80. The number of anilines is 1. The summed E-state index contributed by atoms with van der Waals surface area (Å²) >= 11 is 5.74. The maximum atomic E-state index is 11.9. The van der Waals surface area contributed by atoms with Gasteiger partial charge in [-0.15, -0.1) is 0 Å². The summed E-state index contributed by atoms with van der Waals surface area (Å²) in [7, 11) is 0. The van der Waals surface area contributed by atoms with Gasteiger partial charge in [-0.2, -0.15) is 13.2 Å². The molecule has 0 atom stereocenters. The first-order valence-corrected chi connectivity index (χ1v) is 4.34. The Bertz CT molecular complexity index is 322. The SMILES string of the molecule is Cc1c(Cl)cccc1NCC(F)(F)F. The number of nitrogens with one attached hydrogen (secondary N) is 1. The monoisotopic (exact) mass is 223 g/mol. The van der Waals surface area contributed by atoms with Crippen molar-refractivity contribution in [2.24, 2.45) is 0 Å². The minimum atomic E-state index is -4.21. The zero-order chi connectivity index (χ0) is 10.8. The number of hydrogen-bond acceptors (Lipinski definition) is 1. The van der Waals surface area contributed by atoms with Gasteiger partial charge in [-0.25, -0.2) is 0 Å². The van der Waals surface area contributed by atoms with E-state index in [9.17, 15) is 13.2 Å². The normalized spacial score (nSPS) is 11.5. The van der Waals surface area contributed by atoms with E-state index >= 15 is 0 Å². The van der Waals surface area contributed by atoms with Gasteiger partial charge in [-0.1, -0.05) is 17.7 Å². The van der Waals surface area contributed by atoms with Crippen LogP contribution in [0.15, 0.2) is 18.2 Å². The van der Waals surface area contributed by atoms with E-state index in [0.29, 0.717) is 16.3 Å². The second kappa shape index (κ2) is 4.09. The average molecular weight is 224 g/mol. The molecule has 0 unspecified atom stereocenters.